The Balaban J connectivity index is 1.66. The highest BCUT2D eigenvalue weighted by molar-refractivity contribution is 6.01. The number of hydrogen-bond acceptors (Lipinski definition) is 3. The molecule has 1 N–H and O–H groups in total. The fourth-order valence-corrected chi connectivity index (χ4v) is 3.39. The number of fused-ring (bicyclic) bond motifs is 1. The average molecular weight is 358 g/mol. The monoisotopic (exact) mass is 358 g/mol. The van der Waals surface area contributed by atoms with Crippen LogP contribution in [0, 0.1) is 19.7 Å². The van der Waals surface area contributed by atoms with E-state index in [1.807, 2.05) is 24.6 Å². The molecule has 7 heteroatoms. The van der Waals surface area contributed by atoms with Crippen LogP contribution in [0.4, 0.5) is 10.1 Å². The van der Waals surface area contributed by atoms with E-state index in [2.05, 4.69) is 10.4 Å². The molecule has 138 valence electrons. The lowest BCUT2D eigenvalue weighted by atomic mass is 9.89. The average Bonchev–Trinajstić information content (AvgIpc) is 2.91. The van der Waals surface area contributed by atoms with Gasteiger partial charge in [-0.15, -0.1) is 0 Å². The van der Waals surface area contributed by atoms with Gasteiger partial charge in [0.2, 0.25) is 11.8 Å². The molecule has 2 aromatic rings. The maximum Gasteiger partial charge on any atom is 0.230 e. The van der Waals surface area contributed by atoms with Gasteiger partial charge in [-0.1, -0.05) is 0 Å². The Morgan fingerprint density at radius 1 is 1.38 bits per heavy atom. The third kappa shape index (κ3) is 3.76. The van der Waals surface area contributed by atoms with Crippen molar-refractivity contribution in [2.24, 2.45) is 0 Å². The molecule has 0 saturated carbocycles. The fraction of sp³-hybridized carbons (Fsp3) is 0.421. The summed E-state index contributed by atoms with van der Waals surface area (Å²) in [5, 5.41) is 7.11. The number of nitrogens with zero attached hydrogens (tertiary/aromatic N) is 3. The van der Waals surface area contributed by atoms with Crippen LogP contribution in [0.15, 0.2) is 24.3 Å². The van der Waals surface area contributed by atoms with Crippen molar-refractivity contribution in [3.63, 3.8) is 0 Å². The number of benzene rings is 1. The van der Waals surface area contributed by atoms with Crippen molar-refractivity contribution in [1.82, 2.24) is 14.7 Å². The lowest BCUT2D eigenvalue weighted by Crippen LogP contribution is -2.37. The number of aryl methyl sites for hydroxylation is 3. The number of nitrogens with one attached hydrogen (secondary N) is 1. The SMILES string of the molecule is Cc1cc(C)n(CCCN(C)C(=O)C2CC(=O)Nc3ccc(F)cc32)n1. The van der Waals surface area contributed by atoms with Gasteiger partial charge in [0, 0.05) is 37.9 Å². The Morgan fingerprint density at radius 3 is 2.85 bits per heavy atom. The molecular formula is C19H23FN4O2. The van der Waals surface area contributed by atoms with Crippen LogP contribution in [-0.4, -0.2) is 40.1 Å². The number of likely N-dealkylation sites (N-methyl/N-ethyl adjacent to an activating group) is 1. The molecule has 0 fully saturated rings. The molecule has 0 aliphatic carbocycles. The summed E-state index contributed by atoms with van der Waals surface area (Å²) < 4.78 is 15.5. The second-order valence-electron chi connectivity index (χ2n) is 6.80. The number of amides is 2. The molecule has 1 aromatic carbocycles. The van der Waals surface area contributed by atoms with Crippen LogP contribution < -0.4 is 5.32 Å². The van der Waals surface area contributed by atoms with Crippen LogP contribution in [0.25, 0.3) is 0 Å². The van der Waals surface area contributed by atoms with E-state index in [1.54, 1.807) is 11.9 Å². The zero-order chi connectivity index (χ0) is 18.8. The van der Waals surface area contributed by atoms with Gasteiger partial charge in [-0.2, -0.15) is 5.10 Å². The van der Waals surface area contributed by atoms with Gasteiger partial charge in [-0.3, -0.25) is 14.3 Å². The van der Waals surface area contributed by atoms with Crippen LogP contribution in [0.1, 0.15) is 35.7 Å². The minimum Gasteiger partial charge on any atom is -0.345 e. The molecular weight excluding hydrogens is 335 g/mol. The van der Waals surface area contributed by atoms with Crippen molar-refractivity contribution in [3.8, 4) is 0 Å². The van der Waals surface area contributed by atoms with E-state index in [0.29, 0.717) is 24.3 Å². The van der Waals surface area contributed by atoms with Crippen molar-refractivity contribution < 1.29 is 14.0 Å². The van der Waals surface area contributed by atoms with Crippen molar-refractivity contribution in [1.29, 1.82) is 0 Å². The quantitative estimate of drug-likeness (QED) is 0.893. The maximum absolute atomic E-state index is 13.6. The summed E-state index contributed by atoms with van der Waals surface area (Å²) in [5.41, 5.74) is 3.11. The van der Waals surface area contributed by atoms with Crippen molar-refractivity contribution in [2.75, 3.05) is 18.9 Å². The first-order valence-electron chi connectivity index (χ1n) is 8.70. The molecule has 0 radical (unpaired) electrons. The first kappa shape index (κ1) is 18.1. The molecule has 2 heterocycles. The molecule has 3 rings (SSSR count). The summed E-state index contributed by atoms with van der Waals surface area (Å²) in [6.07, 6.45) is 0.788. The molecule has 0 saturated heterocycles. The van der Waals surface area contributed by atoms with Crippen molar-refractivity contribution >= 4 is 17.5 Å². The van der Waals surface area contributed by atoms with Crippen LogP contribution in [-0.2, 0) is 16.1 Å². The third-order valence-corrected chi connectivity index (χ3v) is 4.69. The molecule has 2 amide bonds. The Labute approximate surface area is 152 Å². The number of rotatable bonds is 5. The van der Waals surface area contributed by atoms with Gasteiger partial charge < -0.3 is 10.2 Å². The van der Waals surface area contributed by atoms with Crippen LogP contribution >= 0.6 is 0 Å². The van der Waals surface area contributed by atoms with Gasteiger partial charge >= 0.3 is 0 Å². The highest BCUT2D eigenvalue weighted by Crippen LogP contribution is 2.33. The molecule has 1 aliphatic heterocycles. The van der Waals surface area contributed by atoms with Crippen molar-refractivity contribution in [2.45, 2.75) is 39.2 Å². The number of halogens is 1. The minimum absolute atomic E-state index is 0.0388. The molecule has 26 heavy (non-hydrogen) atoms. The molecule has 1 aromatic heterocycles. The molecule has 1 unspecified atom stereocenters. The standard InChI is InChI=1S/C19H23FN4O2/c1-12-9-13(2)24(22-12)8-4-7-23(3)19(26)16-11-18(25)21-17-6-5-14(20)10-15(16)17/h5-6,9-10,16H,4,7-8,11H2,1-3H3,(H,21,25). The first-order valence-corrected chi connectivity index (χ1v) is 8.70. The zero-order valence-corrected chi connectivity index (χ0v) is 15.3. The van der Waals surface area contributed by atoms with Crippen LogP contribution in [0.2, 0.25) is 0 Å². The topological polar surface area (TPSA) is 67.2 Å². The highest BCUT2D eigenvalue weighted by atomic mass is 19.1. The van der Waals surface area contributed by atoms with E-state index in [9.17, 15) is 14.0 Å². The lowest BCUT2D eigenvalue weighted by molar-refractivity contribution is -0.133. The fourth-order valence-electron chi connectivity index (χ4n) is 3.39. The van der Waals surface area contributed by atoms with Crippen molar-refractivity contribution in [3.05, 3.63) is 47.0 Å². The van der Waals surface area contributed by atoms with E-state index in [-0.39, 0.29) is 18.2 Å². The summed E-state index contributed by atoms with van der Waals surface area (Å²) in [4.78, 5) is 26.3. The number of hydrogen-bond donors (Lipinski definition) is 1. The molecule has 0 spiro atoms. The van der Waals surface area contributed by atoms with Crippen LogP contribution in [0.3, 0.4) is 0 Å². The Morgan fingerprint density at radius 2 is 2.15 bits per heavy atom. The Hall–Kier alpha value is -2.70. The highest BCUT2D eigenvalue weighted by Gasteiger charge is 2.32. The van der Waals surface area contributed by atoms with Gasteiger partial charge in [-0.05, 0) is 50.1 Å². The summed E-state index contributed by atoms with van der Waals surface area (Å²) in [6, 6.07) is 6.14. The molecule has 1 aliphatic rings. The van der Waals surface area contributed by atoms with Gasteiger partial charge in [0.25, 0.3) is 0 Å². The van der Waals surface area contributed by atoms with Gasteiger partial charge in [-0.25, -0.2) is 4.39 Å². The van der Waals surface area contributed by atoms with E-state index in [1.165, 1.54) is 18.2 Å². The molecule has 0 bridgehead atoms. The van der Waals surface area contributed by atoms with Gasteiger partial charge in [0.15, 0.2) is 0 Å². The Bertz CT molecular complexity index is 846. The van der Waals surface area contributed by atoms with Gasteiger partial charge in [0.05, 0.1) is 11.6 Å². The smallest absolute Gasteiger partial charge is 0.230 e. The maximum atomic E-state index is 13.6. The number of aromatic nitrogens is 2. The van der Waals surface area contributed by atoms with Crippen LogP contribution in [0.5, 0.6) is 0 Å². The summed E-state index contributed by atoms with van der Waals surface area (Å²) in [6.45, 7) is 5.21. The van der Waals surface area contributed by atoms with Gasteiger partial charge in [0.1, 0.15) is 5.82 Å². The number of anilines is 1. The first-order chi connectivity index (χ1) is 12.3. The molecule has 1 atom stereocenters. The number of carbonyl (C=O) groups excluding carboxylic acids is 2. The van der Waals surface area contributed by atoms with E-state index in [4.69, 9.17) is 0 Å². The third-order valence-electron chi connectivity index (χ3n) is 4.69. The van der Waals surface area contributed by atoms with E-state index >= 15 is 0 Å². The van der Waals surface area contributed by atoms with E-state index < -0.39 is 11.7 Å². The lowest BCUT2D eigenvalue weighted by Gasteiger charge is -2.28. The summed E-state index contributed by atoms with van der Waals surface area (Å²) >= 11 is 0. The minimum atomic E-state index is -0.645. The zero-order valence-electron chi connectivity index (χ0n) is 15.3. The second-order valence-corrected chi connectivity index (χ2v) is 6.80. The number of carbonyl (C=O) groups is 2. The summed E-state index contributed by atoms with van der Waals surface area (Å²) in [5.74, 6) is -1.45. The van der Waals surface area contributed by atoms with E-state index in [0.717, 1.165) is 17.8 Å². The summed E-state index contributed by atoms with van der Waals surface area (Å²) in [7, 11) is 1.72. The Kier molecular flexibility index (Phi) is 5.06. The molecule has 6 nitrogen and oxygen atoms in total. The predicted octanol–water partition coefficient (Wildman–Crippen LogP) is 2.61. The normalized spacial score (nSPS) is 16.2. The largest absolute Gasteiger partial charge is 0.345 e. The predicted molar refractivity (Wildman–Crippen MR) is 96.3 cm³/mol. The second kappa shape index (κ2) is 7.27.